The van der Waals surface area contributed by atoms with Crippen molar-refractivity contribution in [3.05, 3.63) is 94.6 Å². The van der Waals surface area contributed by atoms with E-state index in [-0.39, 0.29) is 17.0 Å². The zero-order valence-electron chi connectivity index (χ0n) is 16.2. The molecule has 8 heteroatoms. The third-order valence-corrected chi connectivity index (χ3v) is 4.99. The summed E-state index contributed by atoms with van der Waals surface area (Å²) in [5, 5.41) is 3.22. The first-order valence-electron chi connectivity index (χ1n) is 9.15. The molecular formula is C23H15ClF2N2O3. The minimum Gasteiger partial charge on any atom is -0.496 e. The molecule has 31 heavy (non-hydrogen) atoms. The largest absolute Gasteiger partial charge is 0.496 e. The molecule has 0 fully saturated rings. The van der Waals surface area contributed by atoms with Crippen LogP contribution in [0.5, 0.6) is 5.75 Å². The number of carbonyl (C=O) groups excluding carboxylic acids is 2. The maximum Gasteiger partial charge on any atom is 0.282 e. The molecule has 0 saturated carbocycles. The van der Waals surface area contributed by atoms with Crippen LogP contribution in [-0.4, -0.2) is 18.9 Å². The van der Waals surface area contributed by atoms with E-state index >= 15 is 0 Å². The summed E-state index contributed by atoms with van der Waals surface area (Å²) in [6.07, 6.45) is 0. The minimum atomic E-state index is -1.09. The van der Waals surface area contributed by atoms with E-state index < -0.39 is 23.4 Å². The molecule has 1 aliphatic heterocycles. The van der Waals surface area contributed by atoms with Crippen molar-refractivity contribution in [3.8, 4) is 5.75 Å². The number of anilines is 2. The maximum atomic E-state index is 13.7. The molecule has 0 bridgehead atoms. The van der Waals surface area contributed by atoms with Crippen LogP contribution in [-0.2, 0) is 9.59 Å². The Labute approximate surface area is 181 Å². The van der Waals surface area contributed by atoms with E-state index in [9.17, 15) is 18.4 Å². The standard InChI is InChI=1S/C23H15ClF2N2O3/c1-31-19-5-3-2-4-16(19)20-21(27-14-8-11-17(25)18(26)12-14)23(30)28(22(20)29)15-9-6-13(24)7-10-15/h2-12,27H,1H3. The van der Waals surface area contributed by atoms with Crippen molar-refractivity contribution < 1.29 is 23.1 Å². The van der Waals surface area contributed by atoms with Gasteiger partial charge >= 0.3 is 0 Å². The summed E-state index contributed by atoms with van der Waals surface area (Å²) in [5.74, 6) is -2.99. The molecule has 5 nitrogen and oxygen atoms in total. The number of nitrogens with zero attached hydrogens (tertiary/aromatic N) is 1. The number of halogens is 3. The fraction of sp³-hybridized carbons (Fsp3) is 0.0435. The van der Waals surface area contributed by atoms with Crippen molar-refractivity contribution in [2.24, 2.45) is 0 Å². The smallest absolute Gasteiger partial charge is 0.282 e. The number of rotatable bonds is 5. The number of imide groups is 1. The monoisotopic (exact) mass is 440 g/mol. The van der Waals surface area contributed by atoms with Crippen molar-refractivity contribution in [1.29, 1.82) is 0 Å². The van der Waals surface area contributed by atoms with Gasteiger partial charge in [0.25, 0.3) is 11.8 Å². The molecule has 0 aliphatic carbocycles. The molecule has 1 heterocycles. The number of amides is 2. The first-order valence-corrected chi connectivity index (χ1v) is 9.52. The quantitative estimate of drug-likeness (QED) is 0.566. The molecule has 1 N–H and O–H groups in total. The number of hydrogen-bond donors (Lipinski definition) is 1. The van der Waals surface area contributed by atoms with Crippen molar-refractivity contribution in [2.45, 2.75) is 0 Å². The predicted molar refractivity (Wildman–Crippen MR) is 114 cm³/mol. The number of hydrogen-bond acceptors (Lipinski definition) is 4. The Morgan fingerprint density at radius 1 is 0.903 bits per heavy atom. The second-order valence-electron chi connectivity index (χ2n) is 6.63. The molecular weight excluding hydrogens is 426 g/mol. The SMILES string of the molecule is COc1ccccc1C1=C(Nc2ccc(F)c(F)c2)C(=O)N(c2ccc(Cl)cc2)C1=O. The number of carbonyl (C=O) groups is 2. The molecule has 4 rings (SSSR count). The second kappa shape index (κ2) is 8.20. The van der Waals surface area contributed by atoms with Crippen LogP contribution < -0.4 is 15.0 Å². The molecule has 0 atom stereocenters. The lowest BCUT2D eigenvalue weighted by molar-refractivity contribution is -0.120. The third-order valence-electron chi connectivity index (χ3n) is 4.73. The van der Waals surface area contributed by atoms with Gasteiger partial charge in [-0.2, -0.15) is 0 Å². The van der Waals surface area contributed by atoms with Crippen LogP contribution in [0.1, 0.15) is 5.56 Å². The normalized spacial score (nSPS) is 13.7. The molecule has 0 aromatic heterocycles. The zero-order chi connectivity index (χ0) is 22.1. The van der Waals surface area contributed by atoms with E-state index in [0.717, 1.165) is 17.0 Å². The molecule has 156 valence electrons. The number of para-hydroxylation sites is 1. The fourth-order valence-corrected chi connectivity index (χ4v) is 3.42. The first kappa shape index (κ1) is 20.6. The zero-order valence-corrected chi connectivity index (χ0v) is 16.9. The van der Waals surface area contributed by atoms with Crippen molar-refractivity contribution >= 4 is 40.4 Å². The van der Waals surface area contributed by atoms with Gasteiger partial charge in [0, 0.05) is 22.3 Å². The average Bonchev–Trinajstić information content (AvgIpc) is 3.01. The van der Waals surface area contributed by atoms with Gasteiger partial charge in [0.05, 0.1) is 18.4 Å². The van der Waals surface area contributed by atoms with Crippen molar-refractivity contribution in [2.75, 3.05) is 17.3 Å². The molecule has 0 radical (unpaired) electrons. The van der Waals surface area contributed by atoms with Gasteiger partial charge in [-0.05, 0) is 42.5 Å². The van der Waals surface area contributed by atoms with Crippen LogP contribution in [0.25, 0.3) is 5.57 Å². The molecule has 3 aromatic rings. The molecule has 1 aliphatic rings. The first-order chi connectivity index (χ1) is 14.9. The number of nitrogens with one attached hydrogen (secondary N) is 1. The molecule has 0 unspecified atom stereocenters. The van der Waals surface area contributed by atoms with Crippen LogP contribution in [0.3, 0.4) is 0 Å². The Morgan fingerprint density at radius 3 is 2.29 bits per heavy atom. The van der Waals surface area contributed by atoms with E-state index in [1.807, 2.05) is 0 Å². The summed E-state index contributed by atoms with van der Waals surface area (Å²) in [4.78, 5) is 27.6. The van der Waals surface area contributed by atoms with Crippen LogP contribution in [0.4, 0.5) is 20.2 Å². The molecule has 0 spiro atoms. The predicted octanol–water partition coefficient (Wildman–Crippen LogP) is 5.02. The lowest BCUT2D eigenvalue weighted by atomic mass is 10.0. The van der Waals surface area contributed by atoms with Crippen LogP contribution in [0.15, 0.2) is 72.4 Å². The Kier molecular flexibility index (Phi) is 5.44. The lowest BCUT2D eigenvalue weighted by Crippen LogP contribution is -2.32. The van der Waals surface area contributed by atoms with E-state index in [2.05, 4.69) is 5.32 Å². The highest BCUT2D eigenvalue weighted by atomic mass is 35.5. The van der Waals surface area contributed by atoms with E-state index in [0.29, 0.717) is 22.0 Å². The van der Waals surface area contributed by atoms with E-state index in [1.165, 1.54) is 13.2 Å². The van der Waals surface area contributed by atoms with Crippen LogP contribution in [0.2, 0.25) is 5.02 Å². The van der Waals surface area contributed by atoms with Gasteiger partial charge in [-0.1, -0.05) is 29.8 Å². The highest BCUT2D eigenvalue weighted by molar-refractivity contribution is 6.46. The van der Waals surface area contributed by atoms with Crippen molar-refractivity contribution in [3.63, 3.8) is 0 Å². The number of methoxy groups -OCH3 is 1. The summed E-state index contributed by atoms with van der Waals surface area (Å²) in [6.45, 7) is 0. The second-order valence-corrected chi connectivity index (χ2v) is 7.06. The highest BCUT2D eigenvalue weighted by Crippen LogP contribution is 2.37. The van der Waals surface area contributed by atoms with Gasteiger partial charge in [0.15, 0.2) is 11.6 Å². The summed E-state index contributed by atoms with van der Waals surface area (Å²) < 4.78 is 32.4. The van der Waals surface area contributed by atoms with E-state index in [1.54, 1.807) is 48.5 Å². The topological polar surface area (TPSA) is 58.6 Å². The Balaban J connectivity index is 1.86. The lowest BCUT2D eigenvalue weighted by Gasteiger charge is -2.15. The van der Waals surface area contributed by atoms with Crippen molar-refractivity contribution in [1.82, 2.24) is 0 Å². The molecule has 2 amide bonds. The van der Waals surface area contributed by atoms with Gasteiger partial charge in [0.2, 0.25) is 0 Å². The van der Waals surface area contributed by atoms with Gasteiger partial charge in [0.1, 0.15) is 11.4 Å². The van der Waals surface area contributed by atoms with Gasteiger partial charge in [-0.15, -0.1) is 0 Å². The fourth-order valence-electron chi connectivity index (χ4n) is 3.29. The summed E-state index contributed by atoms with van der Waals surface area (Å²) in [7, 11) is 1.44. The Hall–Kier alpha value is -3.71. The summed E-state index contributed by atoms with van der Waals surface area (Å²) in [6, 6.07) is 16.0. The highest BCUT2D eigenvalue weighted by Gasteiger charge is 2.41. The molecule has 0 saturated heterocycles. The minimum absolute atomic E-state index is 0.0436. The summed E-state index contributed by atoms with van der Waals surface area (Å²) >= 11 is 5.93. The third kappa shape index (κ3) is 3.75. The van der Waals surface area contributed by atoms with Gasteiger partial charge in [-0.3, -0.25) is 9.59 Å². The maximum absolute atomic E-state index is 13.7. The Morgan fingerprint density at radius 2 is 1.61 bits per heavy atom. The number of benzene rings is 3. The van der Waals surface area contributed by atoms with Crippen LogP contribution >= 0.6 is 11.6 Å². The van der Waals surface area contributed by atoms with Gasteiger partial charge in [-0.25, -0.2) is 13.7 Å². The Bertz CT molecular complexity index is 1230. The van der Waals surface area contributed by atoms with E-state index in [4.69, 9.17) is 16.3 Å². The van der Waals surface area contributed by atoms with Gasteiger partial charge < -0.3 is 10.1 Å². The average molecular weight is 441 g/mol. The van der Waals surface area contributed by atoms with Crippen LogP contribution in [0, 0.1) is 11.6 Å². The summed E-state index contributed by atoms with van der Waals surface area (Å²) in [5.41, 5.74) is 0.761. The number of ether oxygens (including phenoxy) is 1. The molecule has 3 aromatic carbocycles.